The van der Waals surface area contributed by atoms with Gasteiger partial charge in [-0.05, 0) is 6.92 Å². The fourth-order valence-corrected chi connectivity index (χ4v) is 1.77. The van der Waals surface area contributed by atoms with Crippen LogP contribution in [0.15, 0.2) is 6.20 Å². The molecule has 0 aliphatic rings. The van der Waals surface area contributed by atoms with Crippen molar-refractivity contribution in [3.8, 4) is 0 Å². The molecule has 0 bridgehead atoms. The summed E-state index contributed by atoms with van der Waals surface area (Å²) in [5, 5.41) is 26.2. The van der Waals surface area contributed by atoms with E-state index in [1.165, 1.54) is 0 Å². The second kappa shape index (κ2) is 5.38. The van der Waals surface area contributed by atoms with Gasteiger partial charge in [-0.1, -0.05) is 20.8 Å². The van der Waals surface area contributed by atoms with Crippen LogP contribution in [0, 0.1) is 0 Å². The molecule has 1 rings (SSSR count). The molecule has 104 valence electrons. The third kappa shape index (κ3) is 3.54. The van der Waals surface area contributed by atoms with Gasteiger partial charge in [0.2, 0.25) is 0 Å². The number of aliphatic hydroxyl groups excluding tert-OH is 2. The zero-order valence-corrected chi connectivity index (χ0v) is 12.0. The molecule has 0 unspecified atom stereocenters. The molecule has 0 aromatic carbocycles. The standard InChI is InChI=1S/C13H25N3O2/c1-12(2,3)11-10(7-16(5)15-11)6-14-13(4,8-17)9-18/h7,14,17-18H,6,8-9H2,1-5H3. The van der Waals surface area contributed by atoms with Crippen LogP contribution in [0.25, 0.3) is 0 Å². The number of nitrogens with zero attached hydrogens (tertiary/aromatic N) is 2. The maximum Gasteiger partial charge on any atom is 0.0722 e. The van der Waals surface area contributed by atoms with Crippen LogP contribution in [0.1, 0.15) is 39.0 Å². The summed E-state index contributed by atoms with van der Waals surface area (Å²) in [7, 11) is 1.90. The summed E-state index contributed by atoms with van der Waals surface area (Å²) in [4.78, 5) is 0. The molecule has 0 saturated carbocycles. The van der Waals surface area contributed by atoms with Gasteiger partial charge in [0, 0.05) is 30.8 Å². The lowest BCUT2D eigenvalue weighted by atomic mass is 9.89. The third-order valence-corrected chi connectivity index (χ3v) is 3.02. The van der Waals surface area contributed by atoms with E-state index < -0.39 is 5.54 Å². The van der Waals surface area contributed by atoms with Crippen LogP contribution >= 0.6 is 0 Å². The predicted octanol–water partition coefficient (Wildman–Crippen LogP) is 0.550. The molecule has 0 spiro atoms. The minimum absolute atomic E-state index is 0.0207. The Morgan fingerprint density at radius 3 is 2.22 bits per heavy atom. The molecule has 1 aromatic rings. The molecule has 3 N–H and O–H groups in total. The van der Waals surface area contributed by atoms with Gasteiger partial charge in [-0.3, -0.25) is 4.68 Å². The molecular formula is C13H25N3O2. The van der Waals surface area contributed by atoms with Crippen LogP contribution in [-0.2, 0) is 19.0 Å². The van der Waals surface area contributed by atoms with E-state index in [0.29, 0.717) is 6.54 Å². The molecule has 5 nitrogen and oxygen atoms in total. The zero-order chi connectivity index (χ0) is 14.0. The van der Waals surface area contributed by atoms with E-state index in [1.807, 2.05) is 13.2 Å². The fraction of sp³-hybridized carbons (Fsp3) is 0.769. The first-order valence-corrected chi connectivity index (χ1v) is 6.21. The van der Waals surface area contributed by atoms with Gasteiger partial charge in [-0.2, -0.15) is 5.10 Å². The van der Waals surface area contributed by atoms with Crippen molar-refractivity contribution in [3.05, 3.63) is 17.5 Å². The first-order valence-electron chi connectivity index (χ1n) is 6.21. The Bertz CT molecular complexity index is 389. The molecule has 0 amide bonds. The lowest BCUT2D eigenvalue weighted by Crippen LogP contribution is -2.48. The number of hydrogen-bond acceptors (Lipinski definition) is 4. The van der Waals surface area contributed by atoms with Crippen molar-refractivity contribution in [2.45, 2.75) is 45.2 Å². The molecule has 0 aliphatic heterocycles. The fourth-order valence-electron chi connectivity index (χ4n) is 1.77. The van der Waals surface area contributed by atoms with E-state index in [-0.39, 0.29) is 18.6 Å². The SMILES string of the molecule is Cn1cc(CNC(C)(CO)CO)c(C(C)(C)C)n1. The summed E-state index contributed by atoms with van der Waals surface area (Å²) in [5.74, 6) is 0. The van der Waals surface area contributed by atoms with E-state index in [2.05, 4.69) is 31.2 Å². The van der Waals surface area contributed by atoms with Gasteiger partial charge in [0.25, 0.3) is 0 Å². The third-order valence-electron chi connectivity index (χ3n) is 3.02. The topological polar surface area (TPSA) is 70.3 Å². The van der Waals surface area contributed by atoms with Gasteiger partial charge in [0.15, 0.2) is 0 Å². The molecule has 0 radical (unpaired) electrons. The summed E-state index contributed by atoms with van der Waals surface area (Å²) in [5.41, 5.74) is 1.45. The van der Waals surface area contributed by atoms with Crippen molar-refractivity contribution in [2.24, 2.45) is 7.05 Å². The summed E-state index contributed by atoms with van der Waals surface area (Å²) >= 11 is 0. The molecule has 1 heterocycles. The summed E-state index contributed by atoms with van der Waals surface area (Å²) in [6.07, 6.45) is 1.97. The van der Waals surface area contributed by atoms with Crippen molar-refractivity contribution < 1.29 is 10.2 Å². The average Bonchev–Trinajstić information content (AvgIpc) is 2.67. The normalized spacial score (nSPS) is 13.1. The number of aliphatic hydroxyl groups is 2. The van der Waals surface area contributed by atoms with Gasteiger partial charge >= 0.3 is 0 Å². The number of hydrogen-bond donors (Lipinski definition) is 3. The maximum atomic E-state index is 9.25. The monoisotopic (exact) mass is 255 g/mol. The number of nitrogens with one attached hydrogen (secondary N) is 1. The van der Waals surface area contributed by atoms with Crippen molar-refractivity contribution in [2.75, 3.05) is 13.2 Å². The van der Waals surface area contributed by atoms with Gasteiger partial charge < -0.3 is 15.5 Å². The molecule has 0 fully saturated rings. The lowest BCUT2D eigenvalue weighted by molar-refractivity contribution is 0.103. The van der Waals surface area contributed by atoms with E-state index >= 15 is 0 Å². The second-order valence-electron chi connectivity index (χ2n) is 6.16. The van der Waals surface area contributed by atoms with Gasteiger partial charge in [0.1, 0.15) is 0 Å². The highest BCUT2D eigenvalue weighted by molar-refractivity contribution is 5.24. The Morgan fingerprint density at radius 2 is 1.78 bits per heavy atom. The summed E-state index contributed by atoms with van der Waals surface area (Å²) in [6.45, 7) is 8.53. The first-order chi connectivity index (χ1) is 8.22. The van der Waals surface area contributed by atoms with Crippen molar-refractivity contribution in [1.82, 2.24) is 15.1 Å². The highest BCUT2D eigenvalue weighted by atomic mass is 16.3. The Kier molecular flexibility index (Phi) is 4.53. The molecule has 0 aliphatic carbocycles. The van der Waals surface area contributed by atoms with Crippen LogP contribution < -0.4 is 5.32 Å². The van der Waals surface area contributed by atoms with Crippen LogP contribution in [0.5, 0.6) is 0 Å². The summed E-state index contributed by atoms with van der Waals surface area (Å²) in [6, 6.07) is 0. The number of aromatic nitrogens is 2. The Hall–Kier alpha value is -0.910. The predicted molar refractivity (Wildman–Crippen MR) is 71.3 cm³/mol. The molecule has 18 heavy (non-hydrogen) atoms. The average molecular weight is 255 g/mol. The molecule has 1 aromatic heterocycles. The Labute approximate surface area is 109 Å². The second-order valence-corrected chi connectivity index (χ2v) is 6.16. The number of rotatable bonds is 5. The first kappa shape index (κ1) is 15.1. The quantitative estimate of drug-likeness (QED) is 0.718. The maximum absolute atomic E-state index is 9.25. The van der Waals surface area contributed by atoms with Crippen LogP contribution in [0.3, 0.4) is 0 Å². The van der Waals surface area contributed by atoms with Gasteiger partial charge in [0.05, 0.1) is 24.4 Å². The Balaban J connectivity index is 2.86. The molecule has 0 atom stereocenters. The molecule has 0 saturated heterocycles. The van der Waals surface area contributed by atoms with Crippen LogP contribution in [0.4, 0.5) is 0 Å². The van der Waals surface area contributed by atoms with Crippen molar-refractivity contribution >= 4 is 0 Å². The number of aryl methyl sites for hydroxylation is 1. The molecule has 5 heteroatoms. The highest BCUT2D eigenvalue weighted by Crippen LogP contribution is 2.24. The highest BCUT2D eigenvalue weighted by Gasteiger charge is 2.25. The van der Waals surface area contributed by atoms with Crippen LogP contribution in [0.2, 0.25) is 0 Å². The summed E-state index contributed by atoms with van der Waals surface area (Å²) < 4.78 is 1.80. The largest absolute Gasteiger partial charge is 0.394 e. The van der Waals surface area contributed by atoms with Gasteiger partial charge in [-0.15, -0.1) is 0 Å². The van der Waals surface area contributed by atoms with Crippen LogP contribution in [-0.4, -0.2) is 38.7 Å². The minimum atomic E-state index is -0.662. The van der Waals surface area contributed by atoms with E-state index in [9.17, 15) is 10.2 Å². The van der Waals surface area contributed by atoms with Crippen molar-refractivity contribution in [3.63, 3.8) is 0 Å². The van der Waals surface area contributed by atoms with Gasteiger partial charge in [-0.25, -0.2) is 0 Å². The molecular weight excluding hydrogens is 230 g/mol. The Morgan fingerprint density at radius 1 is 1.22 bits per heavy atom. The van der Waals surface area contributed by atoms with Crippen molar-refractivity contribution in [1.29, 1.82) is 0 Å². The van der Waals surface area contributed by atoms with E-state index in [1.54, 1.807) is 11.6 Å². The van der Waals surface area contributed by atoms with E-state index in [0.717, 1.165) is 11.3 Å². The lowest BCUT2D eigenvalue weighted by Gasteiger charge is -2.27. The minimum Gasteiger partial charge on any atom is -0.394 e. The van der Waals surface area contributed by atoms with E-state index in [4.69, 9.17) is 0 Å². The zero-order valence-electron chi connectivity index (χ0n) is 12.0. The smallest absolute Gasteiger partial charge is 0.0722 e.